The summed E-state index contributed by atoms with van der Waals surface area (Å²) in [5, 5.41) is 13.2. The maximum Gasteiger partial charge on any atom is 0.407 e. The maximum atomic E-state index is 11.4. The quantitative estimate of drug-likeness (QED) is 0.648. The van der Waals surface area contributed by atoms with Gasteiger partial charge in [-0.25, -0.2) is 4.79 Å². The number of aromatic nitrogens is 1. The van der Waals surface area contributed by atoms with Gasteiger partial charge in [-0.15, -0.1) is 0 Å². The maximum absolute atomic E-state index is 11.4. The lowest BCUT2D eigenvalue weighted by atomic mass is 10.2. The number of carbonyl (C=O) groups excluding carboxylic acids is 1. The predicted molar refractivity (Wildman–Crippen MR) is 78.6 cm³/mol. The molecule has 0 aliphatic carbocycles. The number of ether oxygens (including phenoxy) is 1. The average Bonchev–Trinajstić information content (AvgIpc) is 2.33. The van der Waals surface area contributed by atoms with E-state index in [0.29, 0.717) is 5.56 Å². The van der Waals surface area contributed by atoms with Gasteiger partial charge in [0, 0.05) is 18.3 Å². The number of amides is 1. The molecule has 0 bridgehead atoms. The predicted octanol–water partition coefficient (Wildman–Crippen LogP) is 2.11. The van der Waals surface area contributed by atoms with E-state index in [2.05, 4.69) is 10.3 Å². The molecule has 1 aromatic rings. The standard InChI is InChI=1S/C13H18N4O4/c1-13(2,3)21-12(18)16-6-4-5-9-7-15-8-10(11(9)14)17(19)20/h4-5,7-8H,6H2,1-3H3,(H2,14,15)(H,16,18). The number of alkyl carbamates (subject to hydrolysis) is 1. The minimum absolute atomic E-state index is 0.0310. The van der Waals surface area contributed by atoms with Crippen LogP contribution in [-0.2, 0) is 4.74 Å². The Kier molecular flexibility index (Phi) is 5.23. The molecule has 8 nitrogen and oxygen atoms in total. The molecule has 0 spiro atoms. The molecule has 0 radical (unpaired) electrons. The number of pyridine rings is 1. The summed E-state index contributed by atoms with van der Waals surface area (Å²) in [5.74, 6) is 0. The fraction of sp³-hybridized carbons (Fsp3) is 0.385. The Morgan fingerprint density at radius 3 is 2.76 bits per heavy atom. The second-order valence-electron chi connectivity index (χ2n) is 5.20. The van der Waals surface area contributed by atoms with E-state index in [1.165, 1.54) is 6.20 Å². The number of rotatable bonds is 4. The Balaban J connectivity index is 2.61. The number of nitrogens with zero attached hydrogens (tertiary/aromatic N) is 2. The Labute approximate surface area is 122 Å². The second-order valence-corrected chi connectivity index (χ2v) is 5.20. The van der Waals surface area contributed by atoms with Gasteiger partial charge in [-0.2, -0.15) is 0 Å². The second kappa shape index (κ2) is 6.69. The van der Waals surface area contributed by atoms with Gasteiger partial charge in [0.25, 0.3) is 0 Å². The minimum atomic E-state index is -0.599. The molecule has 0 atom stereocenters. The van der Waals surface area contributed by atoms with E-state index in [1.54, 1.807) is 32.9 Å². The van der Waals surface area contributed by atoms with Gasteiger partial charge < -0.3 is 15.8 Å². The highest BCUT2D eigenvalue weighted by Gasteiger charge is 2.15. The summed E-state index contributed by atoms with van der Waals surface area (Å²) in [5.41, 5.74) is 5.29. The number of nitrogens with two attached hydrogens (primary N) is 1. The molecular formula is C13H18N4O4. The lowest BCUT2D eigenvalue weighted by Gasteiger charge is -2.19. The molecule has 1 rings (SSSR count). The van der Waals surface area contributed by atoms with Gasteiger partial charge in [0.15, 0.2) is 0 Å². The first-order chi connectivity index (χ1) is 9.70. The zero-order valence-corrected chi connectivity index (χ0v) is 12.1. The first-order valence-corrected chi connectivity index (χ1v) is 6.22. The molecular weight excluding hydrogens is 276 g/mol. The highest BCUT2D eigenvalue weighted by atomic mass is 16.6. The minimum Gasteiger partial charge on any atom is -0.444 e. The van der Waals surface area contributed by atoms with E-state index in [-0.39, 0.29) is 17.9 Å². The Hall–Kier alpha value is -2.64. The van der Waals surface area contributed by atoms with Crippen molar-refractivity contribution in [2.45, 2.75) is 26.4 Å². The SMILES string of the molecule is CC(C)(C)OC(=O)NCC=Cc1cncc([N+](=O)[O-])c1N. The fourth-order valence-electron chi connectivity index (χ4n) is 1.40. The summed E-state index contributed by atoms with van der Waals surface area (Å²) in [6.07, 6.45) is 5.10. The van der Waals surface area contributed by atoms with E-state index >= 15 is 0 Å². The van der Waals surface area contributed by atoms with Crippen molar-refractivity contribution in [1.29, 1.82) is 0 Å². The monoisotopic (exact) mass is 294 g/mol. The molecule has 21 heavy (non-hydrogen) atoms. The lowest BCUT2D eigenvalue weighted by molar-refractivity contribution is -0.384. The van der Waals surface area contributed by atoms with Crippen LogP contribution in [0.5, 0.6) is 0 Å². The van der Waals surface area contributed by atoms with Gasteiger partial charge in [0.2, 0.25) is 0 Å². The van der Waals surface area contributed by atoms with Crippen molar-refractivity contribution in [1.82, 2.24) is 10.3 Å². The van der Waals surface area contributed by atoms with E-state index < -0.39 is 16.6 Å². The third-order valence-electron chi connectivity index (χ3n) is 2.25. The van der Waals surface area contributed by atoms with Crippen LogP contribution < -0.4 is 11.1 Å². The summed E-state index contributed by atoms with van der Waals surface area (Å²) in [6, 6.07) is 0. The largest absolute Gasteiger partial charge is 0.444 e. The van der Waals surface area contributed by atoms with Crippen LogP contribution in [0.3, 0.4) is 0 Å². The fourth-order valence-corrected chi connectivity index (χ4v) is 1.40. The van der Waals surface area contributed by atoms with E-state index in [0.717, 1.165) is 6.20 Å². The van der Waals surface area contributed by atoms with Crippen molar-refractivity contribution in [3.63, 3.8) is 0 Å². The first-order valence-electron chi connectivity index (χ1n) is 6.22. The smallest absolute Gasteiger partial charge is 0.407 e. The van der Waals surface area contributed by atoms with E-state index in [1.807, 2.05) is 0 Å². The molecule has 1 aromatic heterocycles. The molecule has 1 amide bonds. The number of nitrogens with one attached hydrogen (secondary N) is 1. The number of hydrogen-bond donors (Lipinski definition) is 2. The normalized spacial score (nSPS) is 11.4. The van der Waals surface area contributed by atoms with Crippen LogP contribution in [0.15, 0.2) is 18.5 Å². The van der Waals surface area contributed by atoms with Crippen LogP contribution in [0, 0.1) is 10.1 Å². The van der Waals surface area contributed by atoms with Gasteiger partial charge in [-0.05, 0) is 20.8 Å². The van der Waals surface area contributed by atoms with Crippen LogP contribution in [0.1, 0.15) is 26.3 Å². The molecule has 0 fully saturated rings. The van der Waals surface area contributed by atoms with Crippen LogP contribution in [-0.4, -0.2) is 28.1 Å². The topological polar surface area (TPSA) is 120 Å². The number of nitro groups is 1. The van der Waals surface area contributed by atoms with Crippen molar-refractivity contribution >= 4 is 23.5 Å². The third kappa shape index (κ3) is 5.47. The van der Waals surface area contributed by atoms with Crippen LogP contribution >= 0.6 is 0 Å². The average molecular weight is 294 g/mol. The molecule has 0 aliphatic rings. The van der Waals surface area contributed by atoms with Crippen molar-refractivity contribution in [3.05, 3.63) is 34.1 Å². The Morgan fingerprint density at radius 1 is 1.52 bits per heavy atom. The number of carbonyl (C=O) groups is 1. The first kappa shape index (κ1) is 16.4. The van der Waals surface area contributed by atoms with Gasteiger partial charge in [-0.3, -0.25) is 15.1 Å². The molecule has 1 heterocycles. The van der Waals surface area contributed by atoms with Gasteiger partial charge >= 0.3 is 11.8 Å². The number of nitrogen functional groups attached to an aromatic ring is 1. The van der Waals surface area contributed by atoms with Crippen molar-refractivity contribution in [3.8, 4) is 0 Å². The molecule has 8 heteroatoms. The summed E-state index contributed by atoms with van der Waals surface area (Å²) < 4.78 is 5.05. The molecule has 114 valence electrons. The number of hydrogen-bond acceptors (Lipinski definition) is 6. The van der Waals surface area contributed by atoms with Crippen LogP contribution in [0.4, 0.5) is 16.2 Å². The summed E-state index contributed by atoms with van der Waals surface area (Å²) >= 11 is 0. The van der Waals surface area contributed by atoms with E-state index in [9.17, 15) is 14.9 Å². The van der Waals surface area contributed by atoms with Crippen LogP contribution in [0.2, 0.25) is 0 Å². The zero-order valence-electron chi connectivity index (χ0n) is 12.1. The molecule has 0 aliphatic heterocycles. The summed E-state index contributed by atoms with van der Waals surface area (Å²) in [6.45, 7) is 5.49. The van der Waals surface area contributed by atoms with Gasteiger partial charge in [-0.1, -0.05) is 12.2 Å². The zero-order chi connectivity index (χ0) is 16.0. The molecule has 3 N–H and O–H groups in total. The Bertz CT molecular complexity index is 564. The number of anilines is 1. The van der Waals surface area contributed by atoms with Gasteiger partial charge in [0.1, 0.15) is 17.5 Å². The summed E-state index contributed by atoms with van der Waals surface area (Å²) in [7, 11) is 0. The third-order valence-corrected chi connectivity index (χ3v) is 2.25. The van der Waals surface area contributed by atoms with Crippen molar-refractivity contribution in [2.75, 3.05) is 12.3 Å². The highest BCUT2D eigenvalue weighted by molar-refractivity contribution is 5.72. The van der Waals surface area contributed by atoms with Crippen molar-refractivity contribution < 1.29 is 14.5 Å². The summed E-state index contributed by atoms with van der Waals surface area (Å²) in [4.78, 5) is 25.2. The molecule has 0 saturated carbocycles. The Morgan fingerprint density at radius 2 is 2.19 bits per heavy atom. The molecule has 0 saturated heterocycles. The van der Waals surface area contributed by atoms with E-state index in [4.69, 9.17) is 10.5 Å². The molecule has 0 aromatic carbocycles. The van der Waals surface area contributed by atoms with Gasteiger partial charge in [0.05, 0.1) is 4.92 Å². The lowest BCUT2D eigenvalue weighted by Crippen LogP contribution is -2.32. The van der Waals surface area contributed by atoms with Crippen molar-refractivity contribution in [2.24, 2.45) is 0 Å². The van der Waals surface area contributed by atoms with Crippen LogP contribution in [0.25, 0.3) is 6.08 Å². The molecule has 0 unspecified atom stereocenters. The highest BCUT2D eigenvalue weighted by Crippen LogP contribution is 2.24.